The number of carboxylic acid groups (broad SMARTS) is 1. The summed E-state index contributed by atoms with van der Waals surface area (Å²) >= 11 is 3.04. The number of primary amides is 1. The molecule has 0 saturated carbocycles. The monoisotopic (exact) mass is 351 g/mol. The number of carbonyl (C=O) groups excluding carboxylic acids is 1. The van der Waals surface area contributed by atoms with E-state index in [2.05, 4.69) is 20.9 Å². The summed E-state index contributed by atoms with van der Waals surface area (Å²) in [4.78, 5) is 25.0. The smallest absolute Gasteiger partial charge is 0.322 e. The highest BCUT2D eigenvalue weighted by atomic mass is 79.9. The number of sulfonamides is 1. The van der Waals surface area contributed by atoms with Gasteiger partial charge in [-0.25, -0.2) is 8.42 Å². The molecule has 0 spiro atoms. The molecule has 1 aromatic rings. The van der Waals surface area contributed by atoms with Gasteiger partial charge in [-0.3, -0.25) is 14.6 Å². The molecule has 0 aliphatic rings. The number of hydrogen-bond donors (Lipinski definition) is 3. The first-order chi connectivity index (χ1) is 8.72. The van der Waals surface area contributed by atoms with Crippen LogP contribution in [-0.4, -0.2) is 36.4 Å². The average Bonchev–Trinajstić information content (AvgIpc) is 2.27. The Kier molecular flexibility index (Phi) is 4.97. The zero-order valence-electron chi connectivity index (χ0n) is 9.41. The first kappa shape index (κ1) is 15.5. The molecule has 0 aromatic carbocycles. The number of rotatable bonds is 6. The lowest BCUT2D eigenvalue weighted by Crippen LogP contribution is -2.43. The Hall–Kier alpha value is -1.52. The van der Waals surface area contributed by atoms with Crippen molar-refractivity contribution in [2.75, 3.05) is 0 Å². The third-order valence-corrected chi connectivity index (χ3v) is 3.86. The molecule has 0 fully saturated rings. The largest absolute Gasteiger partial charge is 0.480 e. The van der Waals surface area contributed by atoms with Crippen LogP contribution in [-0.2, 0) is 19.6 Å². The van der Waals surface area contributed by atoms with Gasteiger partial charge in [0.1, 0.15) is 10.9 Å². The lowest BCUT2D eigenvalue weighted by Gasteiger charge is -2.13. The molecule has 19 heavy (non-hydrogen) atoms. The zero-order chi connectivity index (χ0) is 14.6. The van der Waals surface area contributed by atoms with Gasteiger partial charge < -0.3 is 10.8 Å². The Balaban J connectivity index is 3.00. The molecule has 0 aliphatic carbocycles. The van der Waals surface area contributed by atoms with Gasteiger partial charge in [0.25, 0.3) is 0 Å². The van der Waals surface area contributed by atoms with Crippen molar-refractivity contribution in [2.45, 2.75) is 17.4 Å². The second kappa shape index (κ2) is 6.08. The molecule has 4 N–H and O–H groups in total. The summed E-state index contributed by atoms with van der Waals surface area (Å²) in [6, 6.07) is -0.375. The van der Waals surface area contributed by atoms with E-state index in [1.165, 1.54) is 12.3 Å². The fourth-order valence-corrected chi connectivity index (χ4v) is 2.87. The first-order valence-corrected chi connectivity index (χ1v) is 7.14. The average molecular weight is 352 g/mol. The van der Waals surface area contributed by atoms with Crippen molar-refractivity contribution in [2.24, 2.45) is 5.73 Å². The summed E-state index contributed by atoms with van der Waals surface area (Å²) < 4.78 is 26.1. The molecule has 1 atom stereocenters. The number of nitrogens with one attached hydrogen (secondary N) is 1. The summed E-state index contributed by atoms with van der Waals surface area (Å²) in [5.41, 5.74) is 4.86. The van der Waals surface area contributed by atoms with E-state index in [1.54, 1.807) is 0 Å². The van der Waals surface area contributed by atoms with E-state index in [9.17, 15) is 18.0 Å². The maximum atomic E-state index is 11.9. The van der Waals surface area contributed by atoms with Gasteiger partial charge in [0.2, 0.25) is 15.9 Å². The van der Waals surface area contributed by atoms with Crippen LogP contribution < -0.4 is 10.5 Å². The Morgan fingerprint density at radius 1 is 1.47 bits per heavy atom. The van der Waals surface area contributed by atoms with Crippen molar-refractivity contribution in [3.63, 3.8) is 0 Å². The van der Waals surface area contributed by atoms with E-state index in [0.29, 0.717) is 4.47 Å². The quantitative estimate of drug-likeness (QED) is 0.628. The van der Waals surface area contributed by atoms with Gasteiger partial charge in [-0.2, -0.15) is 4.72 Å². The van der Waals surface area contributed by atoms with Crippen LogP contribution in [0, 0.1) is 0 Å². The van der Waals surface area contributed by atoms with E-state index in [4.69, 9.17) is 10.8 Å². The molecule has 1 aromatic heterocycles. The highest BCUT2D eigenvalue weighted by Crippen LogP contribution is 2.14. The van der Waals surface area contributed by atoms with E-state index < -0.39 is 34.4 Å². The zero-order valence-corrected chi connectivity index (χ0v) is 11.8. The van der Waals surface area contributed by atoms with Gasteiger partial charge in [-0.05, 0) is 22.0 Å². The molecule has 104 valence electrons. The molecule has 0 bridgehead atoms. The Morgan fingerprint density at radius 3 is 2.58 bits per heavy atom. The number of nitrogens with two attached hydrogens (primary N) is 1. The molecular formula is C9H10BrN3O5S. The van der Waals surface area contributed by atoms with Crippen LogP contribution in [0.3, 0.4) is 0 Å². The topological polar surface area (TPSA) is 139 Å². The van der Waals surface area contributed by atoms with Crippen LogP contribution in [0.15, 0.2) is 27.8 Å². The SMILES string of the molecule is NC(=O)C[C@H](NS(=O)(=O)c1cncc(Br)c1)C(=O)O. The van der Waals surface area contributed by atoms with E-state index in [1.807, 2.05) is 4.72 Å². The van der Waals surface area contributed by atoms with Crippen molar-refractivity contribution >= 4 is 37.8 Å². The van der Waals surface area contributed by atoms with Crippen molar-refractivity contribution in [1.82, 2.24) is 9.71 Å². The van der Waals surface area contributed by atoms with Crippen LogP contribution in [0.25, 0.3) is 0 Å². The third-order valence-electron chi connectivity index (χ3n) is 1.99. The maximum Gasteiger partial charge on any atom is 0.322 e. The lowest BCUT2D eigenvalue weighted by molar-refractivity contribution is -0.140. The Labute approximate surface area is 117 Å². The van der Waals surface area contributed by atoms with Gasteiger partial charge >= 0.3 is 5.97 Å². The third kappa shape index (κ3) is 4.58. The Morgan fingerprint density at radius 2 is 2.11 bits per heavy atom. The van der Waals surface area contributed by atoms with Gasteiger partial charge in [0.05, 0.1) is 6.42 Å². The number of pyridine rings is 1. The second-order valence-electron chi connectivity index (χ2n) is 3.52. The summed E-state index contributed by atoms with van der Waals surface area (Å²) in [6.07, 6.45) is 1.78. The highest BCUT2D eigenvalue weighted by molar-refractivity contribution is 9.10. The van der Waals surface area contributed by atoms with E-state index in [-0.39, 0.29) is 4.90 Å². The molecule has 1 amide bonds. The normalized spacial score (nSPS) is 12.9. The van der Waals surface area contributed by atoms with Gasteiger partial charge in [-0.1, -0.05) is 0 Å². The standard InChI is InChI=1S/C9H10BrN3O5S/c10-5-1-6(4-12-3-5)19(17,18)13-7(9(15)16)2-8(11)14/h1,3-4,7,13H,2H2,(H2,11,14)(H,15,16)/t7-/m0/s1. The van der Waals surface area contributed by atoms with Crippen molar-refractivity contribution in [3.05, 3.63) is 22.9 Å². The predicted molar refractivity (Wildman–Crippen MR) is 67.5 cm³/mol. The number of carboxylic acids is 1. The van der Waals surface area contributed by atoms with Crippen molar-refractivity contribution in [3.8, 4) is 0 Å². The maximum absolute atomic E-state index is 11.9. The van der Waals surface area contributed by atoms with Crippen LogP contribution in [0.1, 0.15) is 6.42 Å². The van der Waals surface area contributed by atoms with Gasteiger partial charge in [0.15, 0.2) is 0 Å². The fourth-order valence-electron chi connectivity index (χ4n) is 1.18. The van der Waals surface area contributed by atoms with Crippen LogP contribution >= 0.6 is 15.9 Å². The number of hydrogen-bond acceptors (Lipinski definition) is 5. The minimum absolute atomic E-state index is 0.224. The molecule has 0 unspecified atom stereocenters. The number of carbonyl (C=O) groups is 2. The number of aliphatic carboxylic acids is 1. The minimum atomic E-state index is -4.10. The molecule has 1 rings (SSSR count). The molecule has 10 heteroatoms. The number of nitrogens with zero attached hydrogens (tertiary/aromatic N) is 1. The minimum Gasteiger partial charge on any atom is -0.480 e. The molecule has 0 radical (unpaired) electrons. The summed E-state index contributed by atoms with van der Waals surface area (Å²) in [6.45, 7) is 0. The molecular weight excluding hydrogens is 342 g/mol. The lowest BCUT2D eigenvalue weighted by atomic mass is 10.2. The van der Waals surface area contributed by atoms with Crippen LogP contribution in [0.4, 0.5) is 0 Å². The fraction of sp³-hybridized carbons (Fsp3) is 0.222. The van der Waals surface area contributed by atoms with Crippen molar-refractivity contribution < 1.29 is 23.1 Å². The van der Waals surface area contributed by atoms with Crippen molar-refractivity contribution in [1.29, 1.82) is 0 Å². The van der Waals surface area contributed by atoms with E-state index >= 15 is 0 Å². The second-order valence-corrected chi connectivity index (χ2v) is 6.15. The van der Waals surface area contributed by atoms with Crippen LogP contribution in [0.2, 0.25) is 0 Å². The highest BCUT2D eigenvalue weighted by Gasteiger charge is 2.27. The molecule has 1 heterocycles. The van der Waals surface area contributed by atoms with Gasteiger partial charge in [-0.15, -0.1) is 0 Å². The number of aromatic nitrogens is 1. The summed E-state index contributed by atoms with van der Waals surface area (Å²) in [5, 5.41) is 8.83. The molecule has 0 aliphatic heterocycles. The summed E-state index contributed by atoms with van der Waals surface area (Å²) in [7, 11) is -4.10. The number of amides is 1. The molecule has 0 saturated heterocycles. The Bertz CT molecular complexity index is 604. The first-order valence-electron chi connectivity index (χ1n) is 4.86. The summed E-state index contributed by atoms with van der Waals surface area (Å²) in [5.74, 6) is -2.42. The van der Waals surface area contributed by atoms with Crippen LogP contribution in [0.5, 0.6) is 0 Å². The van der Waals surface area contributed by atoms with E-state index in [0.717, 1.165) is 6.20 Å². The number of halogens is 1. The predicted octanol–water partition coefficient (Wildman–Crippen LogP) is -0.549. The molecule has 8 nitrogen and oxygen atoms in total. The van der Waals surface area contributed by atoms with Gasteiger partial charge in [0, 0.05) is 16.9 Å².